The Balaban J connectivity index is 2.54. The van der Waals surface area contributed by atoms with Crippen LogP contribution >= 0.6 is 0 Å². The molecule has 2 aromatic heterocycles. The van der Waals surface area contributed by atoms with Crippen molar-refractivity contribution in [2.75, 3.05) is 7.11 Å². The van der Waals surface area contributed by atoms with Crippen molar-refractivity contribution in [1.82, 2.24) is 9.38 Å². The van der Waals surface area contributed by atoms with E-state index in [1.165, 1.54) is 0 Å². The van der Waals surface area contributed by atoms with E-state index in [0.717, 1.165) is 22.3 Å². The van der Waals surface area contributed by atoms with Crippen molar-refractivity contribution in [3.8, 4) is 5.75 Å². The minimum absolute atomic E-state index is 0.269. The number of nitrogens with zero attached hydrogens (tertiary/aromatic N) is 2. The first-order valence-electron chi connectivity index (χ1n) is 5.29. The zero-order chi connectivity index (χ0) is 11.8. The maximum absolute atomic E-state index is 7.94. The number of hydrogen-bond donors (Lipinski definition) is 1. The number of ether oxygens (including phenoxy) is 1. The number of pyridine rings is 1. The molecule has 84 valence electrons. The molecule has 4 heteroatoms. The average molecular weight is 225 g/mol. The zero-order valence-electron chi connectivity index (χ0n) is 9.34. The molecule has 2 heterocycles. The minimum Gasteiger partial charge on any atom is -0.497 e. The quantitative estimate of drug-likeness (QED) is 0.644. The molecule has 0 spiro atoms. The van der Waals surface area contributed by atoms with E-state index in [1.807, 2.05) is 47.0 Å². The molecule has 0 bridgehead atoms. The maximum Gasteiger partial charge on any atom is 0.156 e. The Hall–Kier alpha value is -2.36. The first-order chi connectivity index (χ1) is 8.29. The molecule has 3 aromatic rings. The second-order valence-corrected chi connectivity index (χ2v) is 3.77. The van der Waals surface area contributed by atoms with Crippen LogP contribution in [0.4, 0.5) is 0 Å². The van der Waals surface area contributed by atoms with Crippen LogP contribution in [0.3, 0.4) is 0 Å². The Morgan fingerprint density at radius 3 is 2.94 bits per heavy atom. The molecule has 0 saturated heterocycles. The largest absolute Gasteiger partial charge is 0.497 e. The number of fused-ring (bicyclic) bond motifs is 3. The fourth-order valence-electron chi connectivity index (χ4n) is 1.95. The molecule has 4 nitrogen and oxygen atoms in total. The summed E-state index contributed by atoms with van der Waals surface area (Å²) in [6, 6.07) is 11.4. The van der Waals surface area contributed by atoms with Gasteiger partial charge >= 0.3 is 0 Å². The van der Waals surface area contributed by atoms with E-state index in [0.29, 0.717) is 0 Å². The van der Waals surface area contributed by atoms with E-state index >= 15 is 0 Å². The van der Waals surface area contributed by atoms with Crippen molar-refractivity contribution in [2.45, 2.75) is 0 Å². The third kappa shape index (κ3) is 1.45. The van der Waals surface area contributed by atoms with Gasteiger partial charge in [-0.25, -0.2) is 4.98 Å². The second-order valence-electron chi connectivity index (χ2n) is 3.77. The van der Waals surface area contributed by atoms with Crippen LogP contribution in [0.5, 0.6) is 5.75 Å². The van der Waals surface area contributed by atoms with Crippen molar-refractivity contribution >= 4 is 16.6 Å². The molecule has 0 aliphatic rings. The van der Waals surface area contributed by atoms with Crippen molar-refractivity contribution in [2.24, 2.45) is 0 Å². The summed E-state index contributed by atoms with van der Waals surface area (Å²) >= 11 is 0. The van der Waals surface area contributed by atoms with Gasteiger partial charge in [-0.3, -0.25) is 5.41 Å². The Bertz CT molecular complexity index is 761. The molecular weight excluding hydrogens is 214 g/mol. The lowest BCUT2D eigenvalue weighted by molar-refractivity contribution is 0.415. The van der Waals surface area contributed by atoms with Crippen LogP contribution in [0.1, 0.15) is 0 Å². The van der Waals surface area contributed by atoms with Gasteiger partial charge < -0.3 is 9.14 Å². The van der Waals surface area contributed by atoms with E-state index in [9.17, 15) is 0 Å². The summed E-state index contributed by atoms with van der Waals surface area (Å²) in [5, 5.41) is 8.72. The van der Waals surface area contributed by atoms with E-state index in [-0.39, 0.29) is 5.49 Å². The van der Waals surface area contributed by atoms with E-state index < -0.39 is 0 Å². The van der Waals surface area contributed by atoms with Crippen molar-refractivity contribution in [3.63, 3.8) is 0 Å². The topological polar surface area (TPSA) is 50.4 Å². The number of hydrogen-bond acceptors (Lipinski definition) is 3. The highest BCUT2D eigenvalue weighted by Gasteiger charge is 2.03. The Kier molecular flexibility index (Phi) is 2.08. The van der Waals surface area contributed by atoms with Gasteiger partial charge in [0.2, 0.25) is 0 Å². The van der Waals surface area contributed by atoms with Crippen molar-refractivity contribution < 1.29 is 4.74 Å². The molecule has 17 heavy (non-hydrogen) atoms. The van der Waals surface area contributed by atoms with E-state index in [4.69, 9.17) is 10.1 Å². The highest BCUT2D eigenvalue weighted by atomic mass is 16.5. The first kappa shape index (κ1) is 9.84. The van der Waals surface area contributed by atoms with Crippen LogP contribution in [0, 0.1) is 5.41 Å². The van der Waals surface area contributed by atoms with Gasteiger partial charge in [0.05, 0.1) is 12.6 Å². The molecule has 3 rings (SSSR count). The molecule has 0 fully saturated rings. The SMILES string of the molecule is COc1ccc2c(c1)c(=N)nc1ccccn12. The Labute approximate surface area is 97.6 Å². The summed E-state index contributed by atoms with van der Waals surface area (Å²) in [5.74, 6) is 0.740. The van der Waals surface area contributed by atoms with Gasteiger partial charge in [0.1, 0.15) is 11.4 Å². The van der Waals surface area contributed by atoms with Crippen molar-refractivity contribution in [3.05, 3.63) is 48.1 Å². The summed E-state index contributed by atoms with van der Waals surface area (Å²) in [6.45, 7) is 0. The van der Waals surface area contributed by atoms with Gasteiger partial charge in [0, 0.05) is 11.6 Å². The van der Waals surface area contributed by atoms with Gasteiger partial charge in [-0.2, -0.15) is 0 Å². The summed E-state index contributed by atoms with van der Waals surface area (Å²) in [6.07, 6.45) is 1.94. The van der Waals surface area contributed by atoms with Gasteiger partial charge in [0.15, 0.2) is 5.49 Å². The van der Waals surface area contributed by atoms with E-state index in [2.05, 4.69) is 4.98 Å². The van der Waals surface area contributed by atoms with Gasteiger partial charge in [-0.1, -0.05) is 6.07 Å². The van der Waals surface area contributed by atoms with Crippen LogP contribution < -0.4 is 10.2 Å². The number of benzene rings is 1. The Morgan fingerprint density at radius 2 is 2.12 bits per heavy atom. The fraction of sp³-hybridized carbons (Fsp3) is 0.0769. The summed E-state index contributed by atoms with van der Waals surface area (Å²) in [4.78, 5) is 4.25. The molecule has 0 amide bonds. The molecular formula is C13H11N3O. The molecule has 0 atom stereocenters. The molecule has 0 saturated carbocycles. The third-order valence-electron chi connectivity index (χ3n) is 2.78. The number of aromatic nitrogens is 2. The third-order valence-corrected chi connectivity index (χ3v) is 2.78. The van der Waals surface area contributed by atoms with Gasteiger partial charge in [-0.05, 0) is 30.3 Å². The molecule has 1 aromatic carbocycles. The van der Waals surface area contributed by atoms with Crippen LogP contribution in [0.25, 0.3) is 16.6 Å². The summed E-state index contributed by atoms with van der Waals surface area (Å²) < 4.78 is 7.13. The monoisotopic (exact) mass is 225 g/mol. The molecule has 0 aliphatic carbocycles. The molecule has 0 unspecified atom stereocenters. The predicted octanol–water partition coefficient (Wildman–Crippen LogP) is 1.98. The normalized spacial score (nSPS) is 10.9. The van der Waals surface area contributed by atoms with Crippen molar-refractivity contribution in [1.29, 1.82) is 5.41 Å². The van der Waals surface area contributed by atoms with Crippen LogP contribution in [-0.4, -0.2) is 16.5 Å². The van der Waals surface area contributed by atoms with Crippen LogP contribution in [0.2, 0.25) is 0 Å². The number of nitrogens with one attached hydrogen (secondary N) is 1. The number of methoxy groups -OCH3 is 1. The fourth-order valence-corrected chi connectivity index (χ4v) is 1.95. The van der Waals surface area contributed by atoms with E-state index in [1.54, 1.807) is 7.11 Å². The maximum atomic E-state index is 7.94. The predicted molar refractivity (Wildman–Crippen MR) is 65.1 cm³/mol. The van der Waals surface area contributed by atoms with Gasteiger partial charge in [0.25, 0.3) is 0 Å². The summed E-state index contributed by atoms with van der Waals surface area (Å²) in [7, 11) is 1.62. The highest BCUT2D eigenvalue weighted by Crippen LogP contribution is 2.18. The summed E-state index contributed by atoms with van der Waals surface area (Å²) in [5.41, 5.74) is 2.00. The van der Waals surface area contributed by atoms with Crippen LogP contribution in [0.15, 0.2) is 42.6 Å². The Morgan fingerprint density at radius 1 is 1.24 bits per heavy atom. The average Bonchev–Trinajstić information content (AvgIpc) is 2.38. The standard InChI is InChI=1S/C13H11N3O/c1-17-9-5-6-11-10(8-9)13(14)15-12-4-2-3-7-16(11)12/h2-8,14H,1H3. The lowest BCUT2D eigenvalue weighted by Gasteiger charge is -2.07. The number of rotatable bonds is 1. The molecule has 0 radical (unpaired) electrons. The minimum atomic E-state index is 0.269. The highest BCUT2D eigenvalue weighted by molar-refractivity contribution is 5.81. The van der Waals surface area contributed by atoms with Gasteiger partial charge in [-0.15, -0.1) is 0 Å². The van der Waals surface area contributed by atoms with Crippen LogP contribution in [-0.2, 0) is 0 Å². The lowest BCUT2D eigenvalue weighted by Crippen LogP contribution is -2.10. The molecule has 0 aliphatic heterocycles. The zero-order valence-corrected chi connectivity index (χ0v) is 9.34. The first-order valence-corrected chi connectivity index (χ1v) is 5.29. The molecule has 1 N–H and O–H groups in total. The second kappa shape index (κ2) is 3.59. The smallest absolute Gasteiger partial charge is 0.156 e. The lowest BCUT2D eigenvalue weighted by atomic mass is 10.2.